The molecule has 28 heavy (non-hydrogen) atoms. The number of carbonyl (C=O) groups is 2. The molecule has 2 aromatic rings. The fourth-order valence-electron chi connectivity index (χ4n) is 3.26. The Morgan fingerprint density at radius 1 is 0.893 bits per heavy atom. The molecule has 0 bridgehead atoms. The highest BCUT2D eigenvalue weighted by molar-refractivity contribution is 6.31. The predicted molar refractivity (Wildman–Crippen MR) is 114 cm³/mol. The molecule has 1 fully saturated rings. The summed E-state index contributed by atoms with van der Waals surface area (Å²) in [4.78, 5) is 28.6. The van der Waals surface area contributed by atoms with Crippen molar-refractivity contribution >= 4 is 35.8 Å². The molecule has 1 unspecified atom stereocenters. The molecule has 2 N–H and O–H groups in total. The Balaban J connectivity index is 0.00000280. The fraction of sp³-hybridized carbons (Fsp3) is 0.333. The quantitative estimate of drug-likeness (QED) is 0.806. The van der Waals surface area contributed by atoms with Gasteiger partial charge in [-0.3, -0.25) is 9.59 Å². The summed E-state index contributed by atoms with van der Waals surface area (Å²) in [5, 5.41) is 0.606. The number of piperazine rings is 1. The van der Waals surface area contributed by atoms with E-state index in [1.165, 1.54) is 0 Å². The Morgan fingerprint density at radius 2 is 1.43 bits per heavy atom. The Morgan fingerprint density at radius 3 is 2.04 bits per heavy atom. The molecule has 3 rings (SSSR count). The lowest BCUT2D eigenvalue weighted by atomic mass is 10.0. The van der Waals surface area contributed by atoms with Gasteiger partial charge in [-0.15, -0.1) is 12.4 Å². The third-order valence-corrected chi connectivity index (χ3v) is 5.28. The molecule has 0 aliphatic carbocycles. The first-order chi connectivity index (χ1) is 13.0. The van der Waals surface area contributed by atoms with Gasteiger partial charge in [0.2, 0.25) is 11.8 Å². The molecule has 150 valence electrons. The van der Waals surface area contributed by atoms with E-state index in [4.69, 9.17) is 17.3 Å². The van der Waals surface area contributed by atoms with Crippen LogP contribution in [0.15, 0.2) is 54.6 Å². The second kappa shape index (κ2) is 10.5. The number of benzene rings is 2. The van der Waals surface area contributed by atoms with Gasteiger partial charge in [0.25, 0.3) is 0 Å². The second-order valence-corrected chi connectivity index (χ2v) is 7.16. The highest BCUT2D eigenvalue weighted by Gasteiger charge is 2.25. The number of amides is 2. The van der Waals surface area contributed by atoms with Crippen LogP contribution in [-0.4, -0.2) is 47.8 Å². The van der Waals surface area contributed by atoms with Gasteiger partial charge in [-0.05, 0) is 17.2 Å². The summed E-state index contributed by atoms with van der Waals surface area (Å²) in [6.45, 7) is 2.15. The zero-order valence-corrected chi connectivity index (χ0v) is 17.2. The number of halogens is 2. The Labute approximate surface area is 176 Å². The smallest absolute Gasteiger partial charge is 0.227 e. The van der Waals surface area contributed by atoms with Crippen molar-refractivity contribution in [1.82, 2.24) is 9.80 Å². The van der Waals surface area contributed by atoms with Gasteiger partial charge >= 0.3 is 0 Å². The average Bonchev–Trinajstić information content (AvgIpc) is 2.70. The fourth-order valence-corrected chi connectivity index (χ4v) is 3.46. The monoisotopic (exact) mass is 421 g/mol. The molecule has 0 spiro atoms. The maximum Gasteiger partial charge on any atom is 0.227 e. The molecular weight excluding hydrogens is 397 g/mol. The standard InChI is InChI=1S/C21H24ClN3O2.ClH/c22-18-9-5-4-8-17(18)14-20(26)24-10-12-25(13-11-24)21(27)15-19(23)16-6-2-1-3-7-16;/h1-9,19H,10-15,23H2;1H. The molecule has 1 atom stereocenters. The number of nitrogens with two attached hydrogens (primary N) is 1. The molecule has 1 aliphatic rings. The van der Waals surface area contributed by atoms with Crippen LogP contribution in [0.1, 0.15) is 23.6 Å². The van der Waals surface area contributed by atoms with Crippen LogP contribution in [0.2, 0.25) is 5.02 Å². The van der Waals surface area contributed by atoms with Crippen LogP contribution in [0.3, 0.4) is 0 Å². The summed E-state index contributed by atoms with van der Waals surface area (Å²) >= 11 is 6.14. The molecule has 2 aromatic carbocycles. The van der Waals surface area contributed by atoms with Crippen LogP contribution >= 0.6 is 24.0 Å². The summed E-state index contributed by atoms with van der Waals surface area (Å²) in [6.07, 6.45) is 0.560. The zero-order chi connectivity index (χ0) is 19.2. The third-order valence-electron chi connectivity index (χ3n) is 4.91. The molecule has 5 nitrogen and oxygen atoms in total. The minimum atomic E-state index is -0.307. The van der Waals surface area contributed by atoms with Crippen LogP contribution in [-0.2, 0) is 16.0 Å². The number of hydrogen-bond donors (Lipinski definition) is 1. The Bertz CT molecular complexity index is 793. The van der Waals surface area contributed by atoms with Gasteiger partial charge in [0.05, 0.1) is 6.42 Å². The van der Waals surface area contributed by atoms with Crippen molar-refractivity contribution in [1.29, 1.82) is 0 Å². The summed E-state index contributed by atoms with van der Waals surface area (Å²) in [5.41, 5.74) is 7.94. The van der Waals surface area contributed by atoms with Crippen LogP contribution in [0.25, 0.3) is 0 Å². The van der Waals surface area contributed by atoms with Gasteiger partial charge in [-0.2, -0.15) is 0 Å². The average molecular weight is 422 g/mol. The lowest BCUT2D eigenvalue weighted by Gasteiger charge is -2.35. The summed E-state index contributed by atoms with van der Waals surface area (Å²) in [6, 6.07) is 16.7. The number of carbonyl (C=O) groups excluding carboxylic acids is 2. The third kappa shape index (κ3) is 5.71. The minimum Gasteiger partial charge on any atom is -0.339 e. The van der Waals surface area contributed by atoms with Crippen molar-refractivity contribution in [2.24, 2.45) is 5.73 Å². The van der Waals surface area contributed by atoms with Crippen molar-refractivity contribution in [2.45, 2.75) is 18.9 Å². The van der Waals surface area contributed by atoms with Crippen molar-refractivity contribution < 1.29 is 9.59 Å². The summed E-state index contributed by atoms with van der Waals surface area (Å²) < 4.78 is 0. The summed E-state index contributed by atoms with van der Waals surface area (Å²) in [5.74, 6) is 0.0701. The molecule has 1 aliphatic heterocycles. The Kier molecular flexibility index (Phi) is 8.30. The predicted octanol–water partition coefficient (Wildman–Crippen LogP) is 3.07. The van der Waals surface area contributed by atoms with E-state index < -0.39 is 0 Å². The largest absolute Gasteiger partial charge is 0.339 e. The Hall–Kier alpha value is -2.08. The van der Waals surface area contributed by atoms with Crippen molar-refractivity contribution in [3.8, 4) is 0 Å². The van der Waals surface area contributed by atoms with Gasteiger partial charge in [-0.25, -0.2) is 0 Å². The molecule has 0 radical (unpaired) electrons. The number of nitrogens with zero attached hydrogens (tertiary/aromatic N) is 2. The van der Waals surface area contributed by atoms with Gasteiger partial charge in [-0.1, -0.05) is 60.1 Å². The van der Waals surface area contributed by atoms with Gasteiger partial charge < -0.3 is 15.5 Å². The van der Waals surface area contributed by atoms with E-state index in [-0.39, 0.29) is 43.1 Å². The molecular formula is C21H25Cl2N3O2. The lowest BCUT2D eigenvalue weighted by molar-refractivity contribution is -0.139. The molecule has 1 heterocycles. The first kappa shape index (κ1) is 22.2. The van der Waals surface area contributed by atoms with Gasteiger partial charge in [0.15, 0.2) is 0 Å². The van der Waals surface area contributed by atoms with Gasteiger partial charge in [0.1, 0.15) is 0 Å². The number of rotatable bonds is 5. The first-order valence-corrected chi connectivity index (χ1v) is 9.52. The van der Waals surface area contributed by atoms with Crippen molar-refractivity contribution in [3.63, 3.8) is 0 Å². The van der Waals surface area contributed by atoms with Gasteiger partial charge in [0, 0.05) is 43.7 Å². The van der Waals surface area contributed by atoms with E-state index in [1.54, 1.807) is 15.9 Å². The maximum atomic E-state index is 12.5. The highest BCUT2D eigenvalue weighted by atomic mass is 35.5. The molecule has 0 saturated carbocycles. The van der Waals surface area contributed by atoms with Crippen LogP contribution < -0.4 is 5.73 Å². The van der Waals surface area contributed by atoms with Crippen LogP contribution in [0.4, 0.5) is 0 Å². The van der Waals surface area contributed by atoms with E-state index in [9.17, 15) is 9.59 Å². The van der Waals surface area contributed by atoms with E-state index in [1.807, 2.05) is 48.5 Å². The maximum absolute atomic E-state index is 12.5. The lowest BCUT2D eigenvalue weighted by Crippen LogP contribution is -2.51. The molecule has 1 saturated heterocycles. The van der Waals surface area contributed by atoms with E-state index in [2.05, 4.69) is 0 Å². The highest BCUT2D eigenvalue weighted by Crippen LogP contribution is 2.18. The molecule has 0 aromatic heterocycles. The molecule has 2 amide bonds. The number of hydrogen-bond acceptors (Lipinski definition) is 3. The first-order valence-electron chi connectivity index (χ1n) is 9.14. The zero-order valence-electron chi connectivity index (χ0n) is 15.6. The second-order valence-electron chi connectivity index (χ2n) is 6.75. The topological polar surface area (TPSA) is 66.6 Å². The minimum absolute atomic E-state index is 0. The van der Waals surface area contributed by atoms with Crippen molar-refractivity contribution in [2.75, 3.05) is 26.2 Å². The van der Waals surface area contributed by atoms with Crippen LogP contribution in [0, 0.1) is 0 Å². The van der Waals surface area contributed by atoms with Crippen molar-refractivity contribution in [3.05, 3.63) is 70.7 Å². The normalized spacial score (nSPS) is 14.9. The van der Waals surface area contributed by atoms with Crippen LogP contribution in [0.5, 0.6) is 0 Å². The van der Waals surface area contributed by atoms with E-state index in [0.717, 1.165) is 11.1 Å². The van der Waals surface area contributed by atoms with E-state index in [0.29, 0.717) is 31.2 Å². The molecule has 7 heteroatoms. The van der Waals surface area contributed by atoms with E-state index >= 15 is 0 Å². The SMILES string of the molecule is Cl.NC(CC(=O)N1CCN(C(=O)Cc2ccccc2Cl)CC1)c1ccccc1. The summed E-state index contributed by atoms with van der Waals surface area (Å²) in [7, 11) is 0.